The fourth-order valence-electron chi connectivity index (χ4n) is 2.83. The van der Waals surface area contributed by atoms with E-state index in [-0.39, 0.29) is 16.9 Å². The van der Waals surface area contributed by atoms with E-state index in [9.17, 15) is 14.5 Å². The quantitative estimate of drug-likeness (QED) is 0.183. The van der Waals surface area contributed by atoms with Crippen molar-refractivity contribution in [3.8, 4) is 11.6 Å². The molecule has 8 nitrogen and oxygen atoms in total. The lowest BCUT2D eigenvalue weighted by molar-refractivity contribution is -0.384. The topological polar surface area (TPSA) is 103 Å². The number of nitro groups is 1. The number of nitro benzene ring substituents is 1. The van der Waals surface area contributed by atoms with Gasteiger partial charge in [-0.1, -0.05) is 30.3 Å². The number of nitrogens with zero attached hydrogens (tertiary/aromatic N) is 4. The van der Waals surface area contributed by atoms with Crippen LogP contribution in [0.25, 0.3) is 10.8 Å². The Morgan fingerprint density at radius 3 is 2.68 bits per heavy atom. The van der Waals surface area contributed by atoms with Gasteiger partial charge in [0.1, 0.15) is 5.75 Å². The molecule has 3 aromatic carbocycles. The van der Waals surface area contributed by atoms with Crippen LogP contribution in [0.1, 0.15) is 5.56 Å². The number of hydrogen-bond donors (Lipinski definition) is 1. The minimum Gasteiger partial charge on any atom is -0.436 e. The maximum Gasteiger partial charge on any atom is 0.269 e. The highest BCUT2D eigenvalue weighted by atomic mass is 35.5. The second-order valence-corrected chi connectivity index (χ2v) is 6.60. The molecule has 0 spiro atoms. The zero-order chi connectivity index (χ0) is 21.8. The molecule has 31 heavy (non-hydrogen) atoms. The average molecular weight is 438 g/mol. The predicted octanol–water partition coefficient (Wildman–Crippen LogP) is 5.57. The van der Waals surface area contributed by atoms with Gasteiger partial charge in [0.25, 0.3) is 11.6 Å². The molecule has 0 bridgehead atoms. The van der Waals surface area contributed by atoms with Gasteiger partial charge in [-0.15, -0.1) is 0 Å². The minimum atomic E-state index is -0.760. The second-order valence-electron chi connectivity index (χ2n) is 6.27. The molecule has 0 atom stereocenters. The molecule has 0 radical (unpaired) electrons. The summed E-state index contributed by atoms with van der Waals surface area (Å²) in [6, 6.07) is 16.8. The van der Waals surface area contributed by atoms with Crippen molar-refractivity contribution in [3.05, 3.63) is 93.6 Å². The summed E-state index contributed by atoms with van der Waals surface area (Å²) in [6.45, 7) is 0. The molecule has 4 rings (SSSR count). The zero-order valence-corrected chi connectivity index (χ0v) is 16.5. The molecule has 0 amide bonds. The fourth-order valence-corrected chi connectivity index (χ4v) is 2.96. The molecule has 10 heteroatoms. The van der Waals surface area contributed by atoms with Crippen molar-refractivity contribution < 1.29 is 14.1 Å². The van der Waals surface area contributed by atoms with Crippen molar-refractivity contribution in [1.82, 2.24) is 9.97 Å². The zero-order valence-electron chi connectivity index (χ0n) is 15.7. The number of anilines is 1. The number of halogens is 2. The molecule has 1 N–H and O–H groups in total. The van der Waals surface area contributed by atoms with Gasteiger partial charge in [0.15, 0.2) is 0 Å². The molecule has 1 heterocycles. The molecule has 1 aromatic heterocycles. The van der Waals surface area contributed by atoms with Crippen LogP contribution in [0.5, 0.6) is 11.6 Å². The van der Waals surface area contributed by atoms with E-state index in [0.717, 1.165) is 17.0 Å². The first-order valence-electron chi connectivity index (χ1n) is 8.92. The van der Waals surface area contributed by atoms with Gasteiger partial charge in [0.2, 0.25) is 11.1 Å². The van der Waals surface area contributed by atoms with Crippen LogP contribution in [0.15, 0.2) is 72.0 Å². The normalized spacial score (nSPS) is 11.0. The van der Waals surface area contributed by atoms with Crippen molar-refractivity contribution >= 4 is 40.0 Å². The van der Waals surface area contributed by atoms with E-state index in [2.05, 4.69) is 20.5 Å². The van der Waals surface area contributed by atoms with Crippen LogP contribution >= 0.6 is 11.6 Å². The molecule has 4 aromatic rings. The van der Waals surface area contributed by atoms with E-state index < -0.39 is 10.7 Å². The van der Waals surface area contributed by atoms with E-state index in [1.54, 1.807) is 6.07 Å². The number of benzene rings is 3. The number of rotatable bonds is 6. The summed E-state index contributed by atoms with van der Waals surface area (Å²) >= 11 is 5.75. The Labute approximate surface area is 180 Å². The van der Waals surface area contributed by atoms with Crippen molar-refractivity contribution in [2.24, 2.45) is 5.10 Å². The standard InChI is InChI=1S/C21H13ClFN5O3/c22-21-24-12-18(23)20(26-21)31-19-10-5-13-3-1-2-4-16(13)17(19)11-25-27-14-6-8-15(9-7-14)28(29)30/h1-12,27H/b25-11-. The van der Waals surface area contributed by atoms with Gasteiger partial charge in [-0.3, -0.25) is 15.5 Å². The Kier molecular flexibility index (Phi) is 5.67. The Balaban J connectivity index is 1.67. The first-order valence-corrected chi connectivity index (χ1v) is 9.30. The van der Waals surface area contributed by atoms with Crippen LogP contribution in [-0.2, 0) is 0 Å². The molecular weight excluding hydrogens is 425 g/mol. The summed E-state index contributed by atoms with van der Waals surface area (Å²) in [5, 5.41) is 16.6. The summed E-state index contributed by atoms with van der Waals surface area (Å²) in [5.74, 6) is -0.765. The van der Waals surface area contributed by atoms with E-state index in [1.165, 1.54) is 30.5 Å². The van der Waals surface area contributed by atoms with Crippen LogP contribution < -0.4 is 10.2 Å². The van der Waals surface area contributed by atoms with Gasteiger partial charge in [0, 0.05) is 17.7 Å². The number of hydrogen-bond acceptors (Lipinski definition) is 7. The van der Waals surface area contributed by atoms with Crippen LogP contribution in [-0.4, -0.2) is 21.1 Å². The number of ether oxygens (including phenoxy) is 1. The summed E-state index contributed by atoms with van der Waals surface area (Å²) < 4.78 is 19.7. The smallest absolute Gasteiger partial charge is 0.269 e. The number of non-ortho nitro benzene ring substituents is 1. The predicted molar refractivity (Wildman–Crippen MR) is 115 cm³/mol. The maximum absolute atomic E-state index is 14.1. The molecule has 0 unspecified atom stereocenters. The Morgan fingerprint density at radius 2 is 1.90 bits per heavy atom. The van der Waals surface area contributed by atoms with Crippen LogP contribution in [0.3, 0.4) is 0 Å². The average Bonchev–Trinajstić information content (AvgIpc) is 2.77. The van der Waals surface area contributed by atoms with E-state index in [0.29, 0.717) is 17.0 Å². The SMILES string of the molecule is O=[N+]([O-])c1ccc(N/N=C\c2c(Oc3nc(Cl)ncc3F)ccc3ccccc23)cc1. The van der Waals surface area contributed by atoms with Crippen molar-refractivity contribution in [2.75, 3.05) is 5.43 Å². The summed E-state index contributed by atoms with van der Waals surface area (Å²) in [4.78, 5) is 17.6. The highest BCUT2D eigenvalue weighted by molar-refractivity contribution is 6.28. The highest BCUT2D eigenvalue weighted by Crippen LogP contribution is 2.31. The Morgan fingerprint density at radius 1 is 1.13 bits per heavy atom. The lowest BCUT2D eigenvalue weighted by Crippen LogP contribution is -1.99. The Bertz CT molecular complexity index is 1300. The van der Waals surface area contributed by atoms with Gasteiger partial charge in [0.05, 0.1) is 23.0 Å². The first kappa shape index (κ1) is 20.2. The van der Waals surface area contributed by atoms with Crippen LogP contribution in [0.4, 0.5) is 15.8 Å². The molecule has 0 saturated carbocycles. The summed E-state index contributed by atoms with van der Waals surface area (Å²) in [6.07, 6.45) is 2.44. The van der Waals surface area contributed by atoms with E-state index in [4.69, 9.17) is 16.3 Å². The third-order valence-corrected chi connectivity index (χ3v) is 4.47. The van der Waals surface area contributed by atoms with Crippen LogP contribution in [0.2, 0.25) is 5.28 Å². The largest absolute Gasteiger partial charge is 0.436 e. The summed E-state index contributed by atoms with van der Waals surface area (Å²) in [5.41, 5.74) is 3.91. The van der Waals surface area contributed by atoms with E-state index >= 15 is 0 Å². The molecule has 0 aliphatic rings. The van der Waals surface area contributed by atoms with Crippen LogP contribution in [0, 0.1) is 15.9 Å². The molecule has 0 saturated heterocycles. The summed E-state index contributed by atoms with van der Waals surface area (Å²) in [7, 11) is 0. The van der Waals surface area contributed by atoms with Crippen molar-refractivity contribution in [1.29, 1.82) is 0 Å². The van der Waals surface area contributed by atoms with Gasteiger partial charge in [-0.05, 0) is 40.6 Å². The van der Waals surface area contributed by atoms with Gasteiger partial charge < -0.3 is 4.74 Å². The number of nitrogens with one attached hydrogen (secondary N) is 1. The molecule has 154 valence electrons. The number of aromatic nitrogens is 2. The lowest BCUT2D eigenvalue weighted by Gasteiger charge is -2.11. The third kappa shape index (κ3) is 4.57. The highest BCUT2D eigenvalue weighted by Gasteiger charge is 2.13. The molecule has 0 fully saturated rings. The molecule has 0 aliphatic heterocycles. The second kappa shape index (κ2) is 8.72. The first-order chi connectivity index (χ1) is 15.0. The van der Waals surface area contributed by atoms with Gasteiger partial charge in [-0.25, -0.2) is 4.98 Å². The molecule has 0 aliphatic carbocycles. The van der Waals surface area contributed by atoms with Crippen molar-refractivity contribution in [2.45, 2.75) is 0 Å². The maximum atomic E-state index is 14.1. The monoisotopic (exact) mass is 437 g/mol. The Hall–Kier alpha value is -4.11. The van der Waals surface area contributed by atoms with E-state index in [1.807, 2.05) is 30.3 Å². The molecular formula is C21H13ClFN5O3. The van der Waals surface area contributed by atoms with Crippen molar-refractivity contribution in [3.63, 3.8) is 0 Å². The van der Waals surface area contributed by atoms with Gasteiger partial charge in [-0.2, -0.15) is 14.5 Å². The minimum absolute atomic E-state index is 0.0233. The number of hydrazone groups is 1. The van der Waals surface area contributed by atoms with Gasteiger partial charge >= 0.3 is 0 Å². The fraction of sp³-hybridized carbons (Fsp3) is 0. The third-order valence-electron chi connectivity index (χ3n) is 4.29. The lowest BCUT2D eigenvalue weighted by atomic mass is 10.0. The number of fused-ring (bicyclic) bond motifs is 1.